The van der Waals surface area contributed by atoms with Crippen molar-refractivity contribution in [1.29, 1.82) is 0 Å². The van der Waals surface area contributed by atoms with Crippen molar-refractivity contribution < 1.29 is 9.18 Å². The number of aryl methyl sites for hydroxylation is 1. The van der Waals surface area contributed by atoms with Crippen LogP contribution in [-0.2, 0) is 0 Å². The van der Waals surface area contributed by atoms with Gasteiger partial charge in [0.2, 0.25) is 0 Å². The number of benzene rings is 1. The van der Waals surface area contributed by atoms with E-state index < -0.39 is 0 Å². The Morgan fingerprint density at radius 3 is 2.55 bits per heavy atom. The molecule has 5 heteroatoms. The van der Waals surface area contributed by atoms with Gasteiger partial charge in [0.05, 0.1) is 5.56 Å². The van der Waals surface area contributed by atoms with Gasteiger partial charge in [0, 0.05) is 36.2 Å². The molecule has 2 heterocycles. The average Bonchev–Trinajstić information content (AvgIpc) is 3.04. The number of amides is 1. The van der Waals surface area contributed by atoms with Crippen molar-refractivity contribution in [2.45, 2.75) is 26.3 Å². The summed E-state index contributed by atoms with van der Waals surface area (Å²) >= 11 is 0. The van der Waals surface area contributed by atoms with Crippen molar-refractivity contribution in [3.63, 3.8) is 0 Å². The van der Waals surface area contributed by atoms with E-state index in [9.17, 15) is 9.18 Å². The summed E-state index contributed by atoms with van der Waals surface area (Å²) in [5.41, 5.74) is 9.26. The van der Waals surface area contributed by atoms with Gasteiger partial charge in [-0.25, -0.2) is 4.39 Å². The molecule has 1 atom stereocenters. The Balaban J connectivity index is 1.96. The Kier molecular flexibility index (Phi) is 3.74. The molecular weight excluding hydrogens is 281 g/mol. The van der Waals surface area contributed by atoms with E-state index in [1.165, 1.54) is 12.1 Å². The fraction of sp³-hybridized carbons (Fsp3) is 0.353. The van der Waals surface area contributed by atoms with Crippen molar-refractivity contribution in [3.8, 4) is 5.69 Å². The highest BCUT2D eigenvalue weighted by molar-refractivity contribution is 5.96. The first-order valence-electron chi connectivity index (χ1n) is 7.47. The molecule has 1 fully saturated rings. The van der Waals surface area contributed by atoms with Crippen LogP contribution in [0.5, 0.6) is 0 Å². The molecule has 0 aliphatic carbocycles. The van der Waals surface area contributed by atoms with Gasteiger partial charge in [0.15, 0.2) is 0 Å². The van der Waals surface area contributed by atoms with Gasteiger partial charge in [-0.15, -0.1) is 0 Å². The number of hydrogen-bond donors (Lipinski definition) is 1. The van der Waals surface area contributed by atoms with Gasteiger partial charge in [0.25, 0.3) is 5.91 Å². The Labute approximate surface area is 129 Å². The Morgan fingerprint density at radius 2 is 1.95 bits per heavy atom. The van der Waals surface area contributed by atoms with Gasteiger partial charge in [-0.1, -0.05) is 0 Å². The maximum absolute atomic E-state index is 13.1. The minimum atomic E-state index is -0.270. The predicted octanol–water partition coefficient (Wildman–Crippen LogP) is 2.41. The van der Waals surface area contributed by atoms with E-state index in [-0.39, 0.29) is 17.8 Å². The van der Waals surface area contributed by atoms with Gasteiger partial charge in [-0.05, 0) is 50.6 Å². The van der Waals surface area contributed by atoms with Crippen LogP contribution in [0.3, 0.4) is 0 Å². The van der Waals surface area contributed by atoms with Crippen LogP contribution in [0.4, 0.5) is 4.39 Å². The van der Waals surface area contributed by atoms with E-state index in [1.54, 1.807) is 17.0 Å². The molecule has 22 heavy (non-hydrogen) atoms. The van der Waals surface area contributed by atoms with Gasteiger partial charge in [0.1, 0.15) is 5.82 Å². The van der Waals surface area contributed by atoms with Crippen LogP contribution in [0.25, 0.3) is 5.69 Å². The van der Waals surface area contributed by atoms with Crippen molar-refractivity contribution in [1.82, 2.24) is 9.47 Å². The monoisotopic (exact) mass is 301 g/mol. The minimum absolute atomic E-state index is 0.0226. The molecule has 2 aromatic rings. The first-order valence-corrected chi connectivity index (χ1v) is 7.47. The molecule has 2 N–H and O–H groups in total. The molecule has 1 saturated heterocycles. The summed E-state index contributed by atoms with van der Waals surface area (Å²) in [5.74, 6) is -0.247. The topological polar surface area (TPSA) is 51.3 Å². The minimum Gasteiger partial charge on any atom is -0.337 e. The molecule has 1 aliphatic rings. The SMILES string of the molecule is Cc1cc(C(=O)N2CC[C@@H](N)C2)c(C)n1-c1ccc(F)cc1. The molecule has 1 aliphatic heterocycles. The molecule has 1 aromatic carbocycles. The highest BCUT2D eigenvalue weighted by Gasteiger charge is 2.27. The normalized spacial score (nSPS) is 18.0. The lowest BCUT2D eigenvalue weighted by Crippen LogP contribution is -2.32. The molecular formula is C17H20FN3O. The Hall–Kier alpha value is -2.14. The lowest BCUT2D eigenvalue weighted by molar-refractivity contribution is 0.0790. The third kappa shape index (κ3) is 2.52. The van der Waals surface area contributed by atoms with Crippen molar-refractivity contribution in [2.75, 3.05) is 13.1 Å². The number of carbonyl (C=O) groups is 1. The number of aromatic nitrogens is 1. The number of nitrogens with two attached hydrogens (primary N) is 1. The van der Waals surface area contributed by atoms with Crippen molar-refractivity contribution in [2.24, 2.45) is 5.73 Å². The second-order valence-electron chi connectivity index (χ2n) is 5.90. The van der Waals surface area contributed by atoms with Crippen molar-refractivity contribution >= 4 is 5.91 Å². The van der Waals surface area contributed by atoms with Gasteiger partial charge in [-0.2, -0.15) is 0 Å². The standard InChI is InChI=1S/C17H20FN3O/c1-11-9-16(17(22)20-8-7-14(19)10-20)12(2)21(11)15-5-3-13(18)4-6-15/h3-6,9,14H,7-8,10,19H2,1-2H3/t14-/m1/s1. The van der Waals surface area contributed by atoms with Crippen LogP contribution < -0.4 is 5.73 Å². The van der Waals surface area contributed by atoms with Crippen LogP contribution >= 0.6 is 0 Å². The quantitative estimate of drug-likeness (QED) is 0.926. The summed E-state index contributed by atoms with van der Waals surface area (Å²) < 4.78 is 15.1. The summed E-state index contributed by atoms with van der Waals surface area (Å²) in [6.07, 6.45) is 0.850. The lowest BCUT2D eigenvalue weighted by atomic mass is 10.2. The molecule has 0 spiro atoms. The van der Waals surface area contributed by atoms with E-state index in [2.05, 4.69) is 0 Å². The fourth-order valence-electron chi connectivity index (χ4n) is 3.11. The van der Waals surface area contributed by atoms with Crippen molar-refractivity contribution in [3.05, 3.63) is 53.1 Å². The highest BCUT2D eigenvalue weighted by atomic mass is 19.1. The molecule has 3 rings (SSSR count). The lowest BCUT2D eigenvalue weighted by Gasteiger charge is -2.16. The molecule has 1 aromatic heterocycles. The van der Waals surface area contributed by atoms with E-state index >= 15 is 0 Å². The van der Waals surface area contributed by atoms with E-state index in [0.717, 1.165) is 23.5 Å². The summed E-state index contributed by atoms with van der Waals surface area (Å²) in [6.45, 7) is 5.18. The molecule has 116 valence electrons. The molecule has 0 unspecified atom stereocenters. The number of hydrogen-bond acceptors (Lipinski definition) is 2. The van der Waals surface area contributed by atoms with E-state index in [1.807, 2.05) is 24.5 Å². The second kappa shape index (κ2) is 5.57. The largest absolute Gasteiger partial charge is 0.337 e. The Bertz CT molecular complexity index is 705. The number of likely N-dealkylation sites (tertiary alicyclic amines) is 1. The highest BCUT2D eigenvalue weighted by Crippen LogP contribution is 2.23. The summed E-state index contributed by atoms with van der Waals surface area (Å²) in [7, 11) is 0. The fourth-order valence-corrected chi connectivity index (χ4v) is 3.11. The summed E-state index contributed by atoms with van der Waals surface area (Å²) in [6, 6.07) is 8.25. The van der Waals surface area contributed by atoms with E-state index in [4.69, 9.17) is 5.73 Å². The third-order valence-corrected chi connectivity index (χ3v) is 4.26. The zero-order valence-electron chi connectivity index (χ0n) is 12.8. The number of halogens is 1. The van der Waals surface area contributed by atoms with Gasteiger partial charge in [-0.3, -0.25) is 4.79 Å². The van der Waals surface area contributed by atoms with Gasteiger partial charge < -0.3 is 15.2 Å². The average molecular weight is 301 g/mol. The zero-order valence-corrected chi connectivity index (χ0v) is 12.8. The van der Waals surface area contributed by atoms with Crippen LogP contribution in [0.2, 0.25) is 0 Å². The van der Waals surface area contributed by atoms with Crippen LogP contribution in [0, 0.1) is 19.7 Å². The zero-order chi connectivity index (χ0) is 15.9. The van der Waals surface area contributed by atoms with Crippen LogP contribution in [0.1, 0.15) is 28.2 Å². The maximum Gasteiger partial charge on any atom is 0.255 e. The van der Waals surface area contributed by atoms with E-state index in [0.29, 0.717) is 18.7 Å². The molecule has 4 nitrogen and oxygen atoms in total. The third-order valence-electron chi connectivity index (χ3n) is 4.26. The number of rotatable bonds is 2. The molecule has 0 bridgehead atoms. The predicted molar refractivity (Wildman–Crippen MR) is 83.7 cm³/mol. The molecule has 0 saturated carbocycles. The first kappa shape index (κ1) is 14.8. The van der Waals surface area contributed by atoms with Crippen LogP contribution in [-0.4, -0.2) is 34.5 Å². The first-order chi connectivity index (χ1) is 10.5. The number of nitrogens with zero attached hydrogens (tertiary/aromatic N) is 2. The van der Waals surface area contributed by atoms with Gasteiger partial charge >= 0.3 is 0 Å². The second-order valence-corrected chi connectivity index (χ2v) is 5.90. The summed E-state index contributed by atoms with van der Waals surface area (Å²) in [5, 5.41) is 0. The maximum atomic E-state index is 13.1. The smallest absolute Gasteiger partial charge is 0.255 e. The van der Waals surface area contributed by atoms with Crippen LogP contribution in [0.15, 0.2) is 30.3 Å². The molecule has 0 radical (unpaired) electrons. The number of carbonyl (C=O) groups excluding carboxylic acids is 1. The summed E-state index contributed by atoms with van der Waals surface area (Å²) in [4.78, 5) is 14.5. The molecule has 1 amide bonds. The Morgan fingerprint density at radius 1 is 1.27 bits per heavy atom.